The first-order valence-electron chi connectivity index (χ1n) is 11.4. The average Bonchev–Trinajstić information content (AvgIpc) is 3.36. The van der Waals surface area contributed by atoms with Crippen molar-refractivity contribution in [2.75, 3.05) is 18.8 Å². The number of anilines is 1. The Bertz CT molecular complexity index is 1540. The van der Waals surface area contributed by atoms with Crippen molar-refractivity contribution < 1.29 is 9.59 Å². The zero-order chi connectivity index (χ0) is 25.2. The third-order valence-electron chi connectivity index (χ3n) is 6.26. The minimum Gasteiger partial charge on any atom is -0.382 e. The summed E-state index contributed by atoms with van der Waals surface area (Å²) in [5.41, 5.74) is 10.4. The van der Waals surface area contributed by atoms with Gasteiger partial charge in [0.1, 0.15) is 17.2 Å². The van der Waals surface area contributed by atoms with Crippen LogP contribution < -0.4 is 5.73 Å². The molecule has 0 aliphatic carbocycles. The second-order valence-corrected chi connectivity index (χ2v) is 8.47. The summed E-state index contributed by atoms with van der Waals surface area (Å²) in [5.74, 6) is -0.868. The van der Waals surface area contributed by atoms with Crippen molar-refractivity contribution >= 4 is 34.1 Å². The molecule has 0 spiro atoms. The molecule has 0 aromatic carbocycles. The molecule has 1 fully saturated rings. The molecule has 5 heterocycles. The van der Waals surface area contributed by atoms with E-state index in [2.05, 4.69) is 29.8 Å². The van der Waals surface area contributed by atoms with Crippen molar-refractivity contribution in [3.63, 3.8) is 0 Å². The number of piperidine rings is 1. The van der Waals surface area contributed by atoms with Gasteiger partial charge in [0.25, 0.3) is 11.7 Å². The highest BCUT2D eigenvalue weighted by molar-refractivity contribution is 6.45. The Labute approximate surface area is 206 Å². The summed E-state index contributed by atoms with van der Waals surface area (Å²) in [6.07, 6.45) is 8.83. The summed E-state index contributed by atoms with van der Waals surface area (Å²) < 4.78 is 0. The molecule has 4 aromatic heterocycles. The van der Waals surface area contributed by atoms with Crippen LogP contribution in [0.3, 0.4) is 0 Å². The van der Waals surface area contributed by atoms with Crippen LogP contribution in [-0.4, -0.2) is 54.6 Å². The van der Waals surface area contributed by atoms with Crippen molar-refractivity contribution in [2.24, 2.45) is 0 Å². The molecular formula is C26H22N8O2. The number of Topliss-reactive ketones (excluding diaryl/α,β-unsaturated/α-hetero) is 1. The van der Waals surface area contributed by atoms with Crippen LogP contribution in [0.4, 0.5) is 5.82 Å². The Morgan fingerprint density at radius 1 is 1.08 bits per heavy atom. The number of aromatic nitrogens is 5. The number of likely N-dealkylation sites (tertiary alicyclic amines) is 1. The highest BCUT2D eigenvalue weighted by Crippen LogP contribution is 2.31. The van der Waals surface area contributed by atoms with Crippen LogP contribution >= 0.6 is 0 Å². The number of hydrogen-bond acceptors (Lipinski definition) is 7. The van der Waals surface area contributed by atoms with Crippen LogP contribution in [-0.2, 0) is 4.79 Å². The molecule has 1 aliphatic rings. The fourth-order valence-corrected chi connectivity index (χ4v) is 4.44. The molecule has 10 nitrogen and oxygen atoms in total. The Morgan fingerprint density at radius 2 is 1.89 bits per heavy atom. The van der Waals surface area contributed by atoms with Gasteiger partial charge in [0, 0.05) is 37.1 Å². The number of nitrogens with one attached hydrogen (secondary N) is 1. The molecular weight excluding hydrogens is 456 g/mol. The number of aromatic amines is 1. The average molecular weight is 479 g/mol. The molecule has 1 amide bonds. The monoisotopic (exact) mass is 478 g/mol. The first-order valence-corrected chi connectivity index (χ1v) is 11.4. The molecule has 36 heavy (non-hydrogen) atoms. The van der Waals surface area contributed by atoms with Gasteiger partial charge >= 0.3 is 0 Å². The lowest BCUT2D eigenvalue weighted by atomic mass is 9.98. The molecule has 0 radical (unpaired) electrons. The van der Waals surface area contributed by atoms with Crippen LogP contribution in [0.15, 0.2) is 54.8 Å². The summed E-state index contributed by atoms with van der Waals surface area (Å²) in [4.78, 5) is 51.9. The van der Waals surface area contributed by atoms with Gasteiger partial charge in [0.2, 0.25) is 5.70 Å². The predicted molar refractivity (Wildman–Crippen MR) is 134 cm³/mol. The molecule has 10 heteroatoms. The van der Waals surface area contributed by atoms with Crippen LogP contribution in [0.2, 0.25) is 0 Å². The van der Waals surface area contributed by atoms with E-state index in [1.165, 1.54) is 12.4 Å². The number of ketones is 1. The van der Waals surface area contributed by atoms with E-state index in [4.69, 9.17) is 12.3 Å². The lowest BCUT2D eigenvalue weighted by Gasteiger charge is -2.28. The summed E-state index contributed by atoms with van der Waals surface area (Å²) >= 11 is 0. The standard InChI is InChI=1S/C26H22N8O2/c1-15-11-32-23(19-13-31-20(27)14-30-19)24-21(15)17(12-33-24)25(35)26(36)34-9-6-16(7-10-34)22(28-2)18-5-3-4-8-29-18/h3-5,8,11-14,33H,6-7,9-10H2,1H3,(H2,27,31). The molecule has 1 saturated heterocycles. The van der Waals surface area contributed by atoms with Crippen LogP contribution in [0.25, 0.3) is 32.8 Å². The predicted octanol–water partition coefficient (Wildman–Crippen LogP) is 3.44. The van der Waals surface area contributed by atoms with Gasteiger partial charge in [-0.2, -0.15) is 0 Å². The Kier molecular flexibility index (Phi) is 5.96. The highest BCUT2D eigenvalue weighted by atomic mass is 16.2. The van der Waals surface area contributed by atoms with Gasteiger partial charge in [-0.15, -0.1) is 0 Å². The molecule has 0 atom stereocenters. The van der Waals surface area contributed by atoms with Gasteiger partial charge in [-0.25, -0.2) is 14.8 Å². The lowest BCUT2D eigenvalue weighted by molar-refractivity contribution is -0.126. The summed E-state index contributed by atoms with van der Waals surface area (Å²) in [5, 5.41) is 0.625. The fraction of sp³-hybridized carbons (Fsp3) is 0.192. The first kappa shape index (κ1) is 22.9. The third kappa shape index (κ3) is 4.07. The number of carbonyl (C=O) groups excluding carboxylic acids is 2. The van der Waals surface area contributed by atoms with E-state index in [0.717, 1.165) is 11.1 Å². The van der Waals surface area contributed by atoms with Crippen LogP contribution in [0.5, 0.6) is 0 Å². The molecule has 1 aliphatic heterocycles. The lowest BCUT2D eigenvalue weighted by Crippen LogP contribution is -2.40. The number of pyridine rings is 2. The van der Waals surface area contributed by atoms with E-state index in [9.17, 15) is 9.59 Å². The van der Waals surface area contributed by atoms with E-state index in [-0.39, 0.29) is 11.4 Å². The van der Waals surface area contributed by atoms with Crippen molar-refractivity contribution in [2.45, 2.75) is 19.8 Å². The fourth-order valence-electron chi connectivity index (χ4n) is 4.44. The van der Waals surface area contributed by atoms with E-state index < -0.39 is 11.7 Å². The largest absolute Gasteiger partial charge is 0.382 e. The molecule has 4 aromatic rings. The molecule has 0 unspecified atom stereocenters. The SMILES string of the molecule is [C-]#[N+]C(=C1CCN(C(=O)C(=O)c2c[nH]c3c(-c4cnc(N)cn4)ncc(C)c23)CC1)c1ccccn1. The number of carbonyl (C=O) groups is 2. The second-order valence-electron chi connectivity index (χ2n) is 8.47. The minimum absolute atomic E-state index is 0.288. The second kappa shape index (κ2) is 9.38. The number of nitrogen functional groups attached to an aromatic ring is 1. The maximum atomic E-state index is 13.3. The van der Waals surface area contributed by atoms with Gasteiger partial charge < -0.3 is 15.6 Å². The molecule has 178 valence electrons. The minimum atomic E-state index is -0.590. The van der Waals surface area contributed by atoms with Gasteiger partial charge in [-0.3, -0.25) is 19.6 Å². The number of fused-ring (bicyclic) bond motifs is 1. The van der Waals surface area contributed by atoms with Crippen molar-refractivity contribution in [3.8, 4) is 11.4 Å². The van der Waals surface area contributed by atoms with Crippen LogP contribution in [0.1, 0.15) is 34.5 Å². The number of aryl methyl sites for hydroxylation is 1. The molecule has 5 rings (SSSR count). The molecule has 3 N–H and O–H groups in total. The summed E-state index contributed by atoms with van der Waals surface area (Å²) in [7, 11) is 0. The number of hydrogen-bond donors (Lipinski definition) is 2. The van der Waals surface area contributed by atoms with E-state index >= 15 is 0 Å². The van der Waals surface area contributed by atoms with Crippen molar-refractivity contribution in [1.82, 2.24) is 29.8 Å². The third-order valence-corrected chi connectivity index (χ3v) is 6.26. The van der Waals surface area contributed by atoms with E-state index in [1.54, 1.807) is 35.6 Å². The van der Waals surface area contributed by atoms with Gasteiger partial charge in [0.05, 0.1) is 35.7 Å². The Morgan fingerprint density at radius 3 is 2.56 bits per heavy atom. The van der Waals surface area contributed by atoms with Crippen LogP contribution in [0, 0.1) is 13.5 Å². The zero-order valence-corrected chi connectivity index (χ0v) is 19.5. The Balaban J connectivity index is 1.39. The molecule has 0 bridgehead atoms. The number of nitrogens with zero attached hydrogens (tertiary/aromatic N) is 6. The number of amides is 1. The van der Waals surface area contributed by atoms with Crippen molar-refractivity contribution in [1.29, 1.82) is 0 Å². The van der Waals surface area contributed by atoms with Crippen molar-refractivity contribution in [3.05, 3.63) is 83.0 Å². The van der Waals surface area contributed by atoms with Gasteiger partial charge in [0.15, 0.2) is 0 Å². The highest BCUT2D eigenvalue weighted by Gasteiger charge is 2.29. The Hall–Kier alpha value is -4.91. The maximum absolute atomic E-state index is 13.3. The quantitative estimate of drug-likeness (QED) is 0.261. The van der Waals surface area contributed by atoms with E-state index in [0.29, 0.717) is 59.6 Å². The normalized spacial score (nSPS) is 13.4. The number of H-pyrrole nitrogens is 1. The number of rotatable bonds is 4. The van der Waals surface area contributed by atoms with Gasteiger partial charge in [-0.05, 0) is 37.5 Å². The van der Waals surface area contributed by atoms with Gasteiger partial charge in [-0.1, -0.05) is 11.6 Å². The van der Waals surface area contributed by atoms with E-state index in [1.807, 2.05) is 13.0 Å². The summed E-state index contributed by atoms with van der Waals surface area (Å²) in [6, 6.07) is 5.45. The maximum Gasteiger partial charge on any atom is 0.295 e. The smallest absolute Gasteiger partial charge is 0.295 e. The topological polar surface area (TPSA) is 135 Å². The molecule has 0 saturated carbocycles. The summed E-state index contributed by atoms with van der Waals surface area (Å²) in [6.45, 7) is 10.1. The zero-order valence-electron chi connectivity index (χ0n) is 19.5. The first-order chi connectivity index (χ1) is 17.5. The number of nitrogens with two attached hydrogens (primary N) is 1.